The minimum Gasteiger partial charge on any atom is -0.379 e. The van der Waals surface area contributed by atoms with Crippen molar-refractivity contribution in [3.8, 4) is 0 Å². The molecule has 0 bridgehead atoms. The van der Waals surface area contributed by atoms with E-state index in [2.05, 4.69) is 19.2 Å². The molecular weight excluding hydrogens is 229 g/mol. The van der Waals surface area contributed by atoms with E-state index in [0.29, 0.717) is 25.0 Å². The molecule has 1 heterocycles. The van der Waals surface area contributed by atoms with Gasteiger partial charge in [0, 0.05) is 5.41 Å². The number of hydrogen-bond acceptors (Lipinski definition) is 2. The zero-order valence-electron chi connectivity index (χ0n) is 11.4. The summed E-state index contributed by atoms with van der Waals surface area (Å²) in [6.07, 6.45) is 0. The summed E-state index contributed by atoms with van der Waals surface area (Å²) in [6.45, 7) is 6.53. The van der Waals surface area contributed by atoms with Crippen molar-refractivity contribution in [2.75, 3.05) is 26.8 Å². The Kier molecular flexibility index (Phi) is 4.03. The smallest absolute Gasteiger partial charge is 0.127 e. The maximum atomic E-state index is 14.1. The van der Waals surface area contributed by atoms with Crippen molar-refractivity contribution in [3.63, 3.8) is 0 Å². The van der Waals surface area contributed by atoms with Crippen LogP contribution in [0.15, 0.2) is 24.3 Å². The molecule has 1 N–H and O–H groups in total. The molecule has 1 aromatic rings. The second-order valence-electron chi connectivity index (χ2n) is 5.54. The Bertz CT molecular complexity index is 401. The average Bonchev–Trinajstić information content (AvgIpc) is 2.28. The Hall–Kier alpha value is -0.930. The first kappa shape index (κ1) is 13.5. The first-order chi connectivity index (χ1) is 8.62. The maximum Gasteiger partial charge on any atom is 0.127 e. The summed E-state index contributed by atoms with van der Waals surface area (Å²) < 4.78 is 19.5. The number of ether oxygens (including phenoxy) is 1. The first-order valence-corrected chi connectivity index (χ1v) is 6.59. The van der Waals surface area contributed by atoms with Crippen LogP contribution in [0.4, 0.5) is 4.39 Å². The highest BCUT2D eigenvalue weighted by Crippen LogP contribution is 2.43. The summed E-state index contributed by atoms with van der Waals surface area (Å²) in [5.41, 5.74) is 0.646. The fourth-order valence-electron chi connectivity index (χ4n) is 3.05. The van der Waals surface area contributed by atoms with Crippen LogP contribution in [0.2, 0.25) is 0 Å². The average molecular weight is 251 g/mol. The molecule has 1 aliphatic rings. The van der Waals surface area contributed by atoms with E-state index in [1.807, 2.05) is 19.2 Å². The van der Waals surface area contributed by atoms with Crippen LogP contribution in [-0.2, 0) is 10.2 Å². The predicted molar refractivity (Wildman–Crippen MR) is 71.2 cm³/mol. The van der Waals surface area contributed by atoms with Gasteiger partial charge in [0.15, 0.2) is 0 Å². The van der Waals surface area contributed by atoms with Crippen molar-refractivity contribution in [2.45, 2.75) is 19.3 Å². The van der Waals surface area contributed by atoms with Crippen LogP contribution in [-0.4, -0.2) is 26.8 Å². The lowest BCUT2D eigenvalue weighted by Gasteiger charge is -2.49. The molecule has 1 atom stereocenters. The third-order valence-electron chi connectivity index (χ3n) is 4.07. The van der Waals surface area contributed by atoms with E-state index in [0.717, 1.165) is 12.1 Å². The van der Waals surface area contributed by atoms with Crippen LogP contribution < -0.4 is 5.32 Å². The van der Waals surface area contributed by atoms with Crippen LogP contribution in [0.3, 0.4) is 0 Å². The first-order valence-electron chi connectivity index (χ1n) is 6.59. The van der Waals surface area contributed by atoms with Gasteiger partial charge >= 0.3 is 0 Å². The molecule has 1 unspecified atom stereocenters. The molecule has 0 aromatic heterocycles. The topological polar surface area (TPSA) is 21.3 Å². The normalized spacial score (nSPS) is 19.6. The third-order valence-corrected chi connectivity index (χ3v) is 4.07. The van der Waals surface area contributed by atoms with E-state index in [1.54, 1.807) is 12.1 Å². The Labute approximate surface area is 109 Å². The quantitative estimate of drug-likeness (QED) is 0.868. The van der Waals surface area contributed by atoms with E-state index >= 15 is 0 Å². The van der Waals surface area contributed by atoms with E-state index in [4.69, 9.17) is 4.74 Å². The van der Waals surface area contributed by atoms with Gasteiger partial charge in [-0.05, 0) is 37.1 Å². The molecule has 3 heteroatoms. The molecule has 0 aliphatic carbocycles. The fourth-order valence-corrected chi connectivity index (χ4v) is 3.05. The summed E-state index contributed by atoms with van der Waals surface area (Å²) in [6, 6.07) is 7.11. The number of halogens is 1. The fraction of sp³-hybridized carbons (Fsp3) is 0.600. The van der Waals surface area contributed by atoms with Gasteiger partial charge in [0.2, 0.25) is 0 Å². The van der Waals surface area contributed by atoms with Gasteiger partial charge in [0.05, 0.1) is 13.2 Å². The van der Waals surface area contributed by atoms with E-state index in [9.17, 15) is 4.39 Å². The minimum absolute atomic E-state index is 0.109. The van der Waals surface area contributed by atoms with Gasteiger partial charge in [0.25, 0.3) is 0 Å². The Balaban J connectivity index is 2.38. The lowest BCUT2D eigenvalue weighted by molar-refractivity contribution is -0.101. The molecule has 1 aliphatic heterocycles. The third kappa shape index (κ3) is 2.17. The lowest BCUT2D eigenvalue weighted by Crippen LogP contribution is -2.56. The molecule has 1 saturated heterocycles. The molecule has 0 radical (unpaired) electrons. The van der Waals surface area contributed by atoms with Gasteiger partial charge in [-0.25, -0.2) is 4.39 Å². The SMILES string of the molecule is CNCC(C(C)C)C1(c2ccccc2F)COC1. The van der Waals surface area contributed by atoms with Crippen molar-refractivity contribution in [1.29, 1.82) is 0 Å². The zero-order valence-corrected chi connectivity index (χ0v) is 11.4. The van der Waals surface area contributed by atoms with Crippen LogP contribution in [0.1, 0.15) is 19.4 Å². The van der Waals surface area contributed by atoms with Crippen LogP contribution in [0, 0.1) is 17.7 Å². The van der Waals surface area contributed by atoms with Gasteiger partial charge in [-0.2, -0.15) is 0 Å². The molecule has 100 valence electrons. The maximum absolute atomic E-state index is 14.1. The van der Waals surface area contributed by atoms with Crippen LogP contribution >= 0.6 is 0 Å². The van der Waals surface area contributed by atoms with Crippen molar-refractivity contribution < 1.29 is 9.13 Å². The van der Waals surface area contributed by atoms with Crippen molar-refractivity contribution >= 4 is 0 Å². The molecule has 1 aromatic carbocycles. The lowest BCUT2D eigenvalue weighted by atomic mass is 9.64. The van der Waals surface area contributed by atoms with E-state index in [-0.39, 0.29) is 11.2 Å². The Morgan fingerprint density at radius 1 is 1.33 bits per heavy atom. The van der Waals surface area contributed by atoms with Gasteiger partial charge in [0.1, 0.15) is 5.82 Å². The summed E-state index contributed by atoms with van der Waals surface area (Å²) in [5, 5.41) is 3.23. The summed E-state index contributed by atoms with van der Waals surface area (Å²) >= 11 is 0. The highest BCUT2D eigenvalue weighted by molar-refractivity contribution is 5.31. The molecule has 1 fully saturated rings. The Morgan fingerprint density at radius 2 is 2.00 bits per heavy atom. The monoisotopic (exact) mass is 251 g/mol. The number of rotatable bonds is 5. The molecule has 2 rings (SSSR count). The van der Waals surface area contributed by atoms with Crippen LogP contribution in [0.5, 0.6) is 0 Å². The van der Waals surface area contributed by atoms with E-state index in [1.165, 1.54) is 0 Å². The molecular formula is C15H22FNO. The predicted octanol–water partition coefficient (Wildman–Crippen LogP) is 2.59. The zero-order chi connectivity index (χ0) is 13.2. The summed E-state index contributed by atoms with van der Waals surface area (Å²) in [4.78, 5) is 0. The highest BCUT2D eigenvalue weighted by atomic mass is 19.1. The summed E-state index contributed by atoms with van der Waals surface area (Å²) in [7, 11) is 1.95. The number of hydrogen-bond donors (Lipinski definition) is 1. The number of nitrogens with one attached hydrogen (secondary N) is 1. The number of benzene rings is 1. The second-order valence-corrected chi connectivity index (χ2v) is 5.54. The van der Waals surface area contributed by atoms with Gasteiger partial charge in [-0.1, -0.05) is 32.0 Å². The van der Waals surface area contributed by atoms with Gasteiger partial charge in [-0.3, -0.25) is 0 Å². The summed E-state index contributed by atoms with van der Waals surface area (Å²) in [5.74, 6) is 0.761. The van der Waals surface area contributed by atoms with Gasteiger partial charge < -0.3 is 10.1 Å². The molecule has 0 spiro atoms. The van der Waals surface area contributed by atoms with Gasteiger partial charge in [-0.15, -0.1) is 0 Å². The molecule has 0 amide bonds. The molecule has 18 heavy (non-hydrogen) atoms. The second kappa shape index (κ2) is 5.37. The largest absolute Gasteiger partial charge is 0.379 e. The van der Waals surface area contributed by atoms with Crippen molar-refractivity contribution in [2.24, 2.45) is 11.8 Å². The van der Waals surface area contributed by atoms with E-state index < -0.39 is 0 Å². The van der Waals surface area contributed by atoms with Crippen molar-refractivity contribution in [3.05, 3.63) is 35.6 Å². The van der Waals surface area contributed by atoms with Crippen molar-refractivity contribution in [1.82, 2.24) is 5.32 Å². The minimum atomic E-state index is -0.164. The Morgan fingerprint density at radius 3 is 2.44 bits per heavy atom. The standard InChI is InChI=1S/C15H22FNO/c1-11(2)13(8-17-3)15(9-18-10-15)12-6-4-5-7-14(12)16/h4-7,11,13,17H,8-10H2,1-3H3. The van der Waals surface area contributed by atoms with Crippen LogP contribution in [0.25, 0.3) is 0 Å². The molecule has 2 nitrogen and oxygen atoms in total. The highest BCUT2D eigenvalue weighted by Gasteiger charge is 2.49. The molecule has 0 saturated carbocycles.